The van der Waals surface area contributed by atoms with Gasteiger partial charge in [0.15, 0.2) is 0 Å². The number of benzene rings is 3. The van der Waals surface area contributed by atoms with Crippen LogP contribution in [0, 0.1) is 6.92 Å². The van der Waals surface area contributed by atoms with Crippen molar-refractivity contribution in [2.75, 3.05) is 22.9 Å². The van der Waals surface area contributed by atoms with Gasteiger partial charge < -0.3 is 0 Å². The number of urea groups is 1. The molecular formula is C31H27N5O. The van der Waals surface area contributed by atoms with Crippen molar-refractivity contribution in [2.24, 2.45) is 0 Å². The summed E-state index contributed by atoms with van der Waals surface area (Å²) in [5.74, 6) is 0. The van der Waals surface area contributed by atoms with Crippen molar-refractivity contribution >= 4 is 17.4 Å². The average Bonchev–Trinajstić information content (AvgIpc) is 3.58. The second kappa shape index (κ2) is 9.39. The van der Waals surface area contributed by atoms with Crippen LogP contribution in [0.5, 0.6) is 0 Å². The largest absolute Gasteiger partial charge is 0.329 e. The number of anilines is 2. The van der Waals surface area contributed by atoms with E-state index >= 15 is 0 Å². The fraction of sp³-hybridized carbons (Fsp3) is 0.129. The lowest BCUT2D eigenvalue weighted by atomic mass is 9.77. The van der Waals surface area contributed by atoms with E-state index < -0.39 is 5.54 Å². The molecule has 0 N–H and O–H groups in total. The van der Waals surface area contributed by atoms with Gasteiger partial charge >= 0.3 is 6.03 Å². The summed E-state index contributed by atoms with van der Waals surface area (Å²) in [6, 6.07) is 33.1. The first kappa shape index (κ1) is 22.7. The second-order valence-electron chi connectivity index (χ2n) is 9.20. The second-order valence-corrected chi connectivity index (χ2v) is 9.20. The Kier molecular flexibility index (Phi) is 5.77. The molecule has 0 atom stereocenters. The van der Waals surface area contributed by atoms with Gasteiger partial charge in [-0.3, -0.25) is 19.5 Å². The Labute approximate surface area is 216 Å². The topological polar surface area (TPSA) is 54.3 Å². The lowest BCUT2D eigenvalue weighted by Gasteiger charge is -2.36. The molecule has 0 bridgehead atoms. The predicted octanol–water partition coefficient (Wildman–Crippen LogP) is 5.87. The fourth-order valence-electron chi connectivity index (χ4n) is 5.31. The van der Waals surface area contributed by atoms with E-state index in [1.807, 2.05) is 42.1 Å². The van der Waals surface area contributed by atoms with Crippen LogP contribution in [0.25, 0.3) is 0 Å². The first-order chi connectivity index (χ1) is 18.2. The number of carbonyl (C=O) groups excluding carboxylic acids is 1. The Bertz CT molecular complexity index is 1420. The zero-order chi connectivity index (χ0) is 25.2. The number of hydrogen-bond acceptors (Lipinski definition) is 3. The predicted molar refractivity (Wildman–Crippen MR) is 146 cm³/mol. The molecule has 37 heavy (non-hydrogen) atoms. The van der Waals surface area contributed by atoms with Gasteiger partial charge in [-0.1, -0.05) is 91.0 Å². The molecule has 6 heteroatoms. The summed E-state index contributed by atoms with van der Waals surface area (Å²) in [6.45, 7) is 3.17. The van der Waals surface area contributed by atoms with Crippen LogP contribution in [0.15, 0.2) is 122 Å². The minimum Gasteiger partial charge on any atom is -0.290 e. The van der Waals surface area contributed by atoms with Crippen LogP contribution in [0.2, 0.25) is 0 Å². The summed E-state index contributed by atoms with van der Waals surface area (Å²) in [5.41, 5.74) is 5.17. The molecule has 3 aromatic carbocycles. The molecule has 0 spiro atoms. The van der Waals surface area contributed by atoms with Crippen molar-refractivity contribution in [3.63, 3.8) is 0 Å². The van der Waals surface area contributed by atoms with E-state index in [-0.39, 0.29) is 6.03 Å². The smallest absolute Gasteiger partial charge is 0.290 e. The van der Waals surface area contributed by atoms with Gasteiger partial charge in [0.25, 0.3) is 0 Å². The Hall–Kier alpha value is -4.71. The molecular weight excluding hydrogens is 458 g/mol. The highest BCUT2D eigenvalue weighted by molar-refractivity contribution is 6.06. The molecule has 0 radical (unpaired) electrons. The highest BCUT2D eigenvalue weighted by atomic mass is 16.2. The molecule has 1 saturated heterocycles. The number of pyridine rings is 1. The van der Waals surface area contributed by atoms with Crippen molar-refractivity contribution in [3.8, 4) is 0 Å². The van der Waals surface area contributed by atoms with Crippen molar-refractivity contribution in [1.82, 2.24) is 14.8 Å². The SMILES string of the molecule is Cc1ccncc1N1CCN(c2cnn(C(c3ccccc3)(c3ccccc3)c3ccccc3)c2)C1=O. The molecule has 1 aliphatic rings. The van der Waals surface area contributed by atoms with Crippen LogP contribution in [0.3, 0.4) is 0 Å². The lowest BCUT2D eigenvalue weighted by Crippen LogP contribution is -2.38. The number of carbonyl (C=O) groups is 1. The third kappa shape index (κ3) is 3.78. The van der Waals surface area contributed by atoms with Crippen molar-refractivity contribution in [2.45, 2.75) is 12.5 Å². The maximum absolute atomic E-state index is 13.5. The van der Waals surface area contributed by atoms with Crippen LogP contribution in [0.4, 0.5) is 16.2 Å². The lowest BCUT2D eigenvalue weighted by molar-refractivity contribution is 0.256. The zero-order valence-electron chi connectivity index (χ0n) is 20.6. The Morgan fingerprint density at radius 2 is 1.24 bits per heavy atom. The Balaban J connectivity index is 1.48. The maximum Gasteiger partial charge on any atom is 0.329 e. The highest BCUT2D eigenvalue weighted by Crippen LogP contribution is 2.41. The van der Waals surface area contributed by atoms with Crippen LogP contribution in [0.1, 0.15) is 22.3 Å². The summed E-state index contributed by atoms with van der Waals surface area (Å²) in [7, 11) is 0. The number of amides is 2. The van der Waals surface area contributed by atoms with Crippen LogP contribution < -0.4 is 9.80 Å². The van der Waals surface area contributed by atoms with E-state index in [9.17, 15) is 4.79 Å². The molecule has 6 nitrogen and oxygen atoms in total. The van der Waals surface area contributed by atoms with E-state index in [0.29, 0.717) is 13.1 Å². The third-order valence-corrected chi connectivity index (χ3v) is 7.11. The first-order valence-electron chi connectivity index (χ1n) is 12.4. The molecule has 5 aromatic rings. The number of nitrogens with zero attached hydrogens (tertiary/aromatic N) is 5. The minimum atomic E-state index is -0.718. The number of hydrogen-bond donors (Lipinski definition) is 0. The molecule has 6 rings (SSSR count). The first-order valence-corrected chi connectivity index (χ1v) is 12.4. The summed E-state index contributed by atoms with van der Waals surface area (Å²) in [4.78, 5) is 21.3. The molecule has 1 aliphatic heterocycles. The molecule has 3 heterocycles. The van der Waals surface area contributed by atoms with Gasteiger partial charge in [-0.05, 0) is 35.2 Å². The standard InChI is InChI=1S/C31H27N5O/c1-24-17-18-32-22-29(24)35-20-19-34(30(35)37)28-21-33-36(23-28)31(25-11-5-2-6-12-25,26-13-7-3-8-14-26)27-15-9-4-10-16-27/h2-18,21-23H,19-20H2,1H3. The maximum atomic E-state index is 13.5. The monoisotopic (exact) mass is 485 g/mol. The molecule has 2 aromatic heterocycles. The molecule has 0 unspecified atom stereocenters. The number of aromatic nitrogens is 3. The van der Waals surface area contributed by atoms with Gasteiger partial charge in [0.2, 0.25) is 0 Å². The zero-order valence-corrected chi connectivity index (χ0v) is 20.6. The summed E-state index contributed by atoms with van der Waals surface area (Å²) in [6.07, 6.45) is 7.29. The third-order valence-electron chi connectivity index (χ3n) is 7.11. The number of aryl methyl sites for hydroxylation is 1. The van der Waals surface area contributed by atoms with Gasteiger partial charge in [0.1, 0.15) is 5.54 Å². The Morgan fingerprint density at radius 3 is 1.78 bits per heavy atom. The number of rotatable bonds is 6. The Morgan fingerprint density at radius 1 is 0.703 bits per heavy atom. The molecule has 182 valence electrons. The van der Waals surface area contributed by atoms with Crippen molar-refractivity contribution in [3.05, 3.63) is 144 Å². The molecule has 2 amide bonds. The van der Waals surface area contributed by atoms with Crippen LogP contribution in [-0.4, -0.2) is 33.9 Å². The van der Waals surface area contributed by atoms with Crippen LogP contribution >= 0.6 is 0 Å². The highest BCUT2D eigenvalue weighted by Gasteiger charge is 2.40. The van der Waals surface area contributed by atoms with Gasteiger partial charge in [-0.2, -0.15) is 5.10 Å². The summed E-state index contributed by atoms with van der Waals surface area (Å²) >= 11 is 0. The minimum absolute atomic E-state index is 0.0691. The van der Waals surface area contributed by atoms with E-state index in [1.165, 1.54) is 0 Å². The van der Waals surface area contributed by atoms with Crippen LogP contribution in [-0.2, 0) is 5.54 Å². The van der Waals surface area contributed by atoms with E-state index in [4.69, 9.17) is 5.10 Å². The van der Waals surface area contributed by atoms with Crippen molar-refractivity contribution < 1.29 is 4.79 Å². The quantitative estimate of drug-likeness (QED) is 0.283. The summed E-state index contributed by atoms with van der Waals surface area (Å²) < 4.78 is 1.99. The average molecular weight is 486 g/mol. The normalized spacial score (nSPS) is 13.8. The molecule has 0 saturated carbocycles. The van der Waals surface area contributed by atoms with E-state index in [0.717, 1.165) is 33.6 Å². The van der Waals surface area contributed by atoms with Gasteiger partial charge in [0, 0.05) is 19.3 Å². The molecule has 0 aliphatic carbocycles. The van der Waals surface area contributed by atoms with Gasteiger partial charge in [0.05, 0.1) is 30.0 Å². The van der Waals surface area contributed by atoms with E-state index in [2.05, 4.69) is 77.8 Å². The fourth-order valence-corrected chi connectivity index (χ4v) is 5.31. The van der Waals surface area contributed by atoms with Crippen molar-refractivity contribution in [1.29, 1.82) is 0 Å². The summed E-state index contributed by atoms with van der Waals surface area (Å²) in [5, 5.41) is 4.90. The van der Waals surface area contributed by atoms with E-state index in [1.54, 1.807) is 28.4 Å². The molecule has 1 fully saturated rings. The van der Waals surface area contributed by atoms with Gasteiger partial charge in [-0.15, -0.1) is 0 Å². The van der Waals surface area contributed by atoms with Gasteiger partial charge in [-0.25, -0.2) is 4.79 Å².